The molecule has 9 nitrogen and oxygen atoms in total. The van der Waals surface area contributed by atoms with Crippen LogP contribution in [0.5, 0.6) is 0 Å². The fraction of sp³-hybridized carbons (Fsp3) is 0.211. The number of amides is 1. The average molecular weight is 420 g/mol. The average Bonchev–Trinajstić information content (AvgIpc) is 2.67. The lowest BCUT2D eigenvalue weighted by Gasteiger charge is -2.10. The smallest absolute Gasteiger partial charge is 0.335 e. The van der Waals surface area contributed by atoms with Crippen LogP contribution in [0.4, 0.5) is 5.69 Å². The van der Waals surface area contributed by atoms with Crippen molar-refractivity contribution >= 4 is 33.6 Å². The Morgan fingerprint density at radius 3 is 2.31 bits per heavy atom. The zero-order chi connectivity index (χ0) is 21.6. The van der Waals surface area contributed by atoms with E-state index in [0.29, 0.717) is 5.56 Å². The predicted molar refractivity (Wildman–Crippen MR) is 104 cm³/mol. The van der Waals surface area contributed by atoms with E-state index in [9.17, 15) is 22.8 Å². The van der Waals surface area contributed by atoms with E-state index in [2.05, 4.69) is 14.8 Å². The molecule has 0 bridgehead atoms. The first kappa shape index (κ1) is 21.9. The Morgan fingerprint density at radius 1 is 1.07 bits per heavy atom. The molecule has 0 radical (unpaired) electrons. The zero-order valence-corrected chi connectivity index (χ0v) is 16.6. The topological polar surface area (TPSA) is 139 Å². The number of aromatic carboxylic acids is 1. The van der Waals surface area contributed by atoms with E-state index in [1.54, 1.807) is 6.92 Å². The van der Waals surface area contributed by atoms with Crippen LogP contribution in [0.3, 0.4) is 0 Å². The maximum atomic E-state index is 12.5. The maximum Gasteiger partial charge on any atom is 0.335 e. The molecule has 0 unspecified atom stereocenters. The van der Waals surface area contributed by atoms with Gasteiger partial charge in [-0.2, -0.15) is 0 Å². The third-order valence-electron chi connectivity index (χ3n) is 3.99. The van der Waals surface area contributed by atoms with Crippen LogP contribution in [-0.2, 0) is 19.6 Å². The van der Waals surface area contributed by atoms with Gasteiger partial charge in [-0.15, -0.1) is 0 Å². The maximum absolute atomic E-state index is 12.5. The molecule has 0 atom stereocenters. The van der Waals surface area contributed by atoms with Crippen LogP contribution in [0.1, 0.15) is 32.7 Å². The van der Waals surface area contributed by atoms with Gasteiger partial charge in [0.05, 0.1) is 24.0 Å². The molecule has 29 heavy (non-hydrogen) atoms. The van der Waals surface area contributed by atoms with Crippen molar-refractivity contribution < 1.29 is 32.6 Å². The summed E-state index contributed by atoms with van der Waals surface area (Å²) in [5, 5.41) is 11.7. The van der Waals surface area contributed by atoms with Crippen LogP contribution >= 0.6 is 0 Å². The number of carbonyl (C=O) groups is 3. The number of sulfonamides is 1. The van der Waals surface area contributed by atoms with Gasteiger partial charge in [0, 0.05) is 17.8 Å². The fourth-order valence-electron chi connectivity index (χ4n) is 2.38. The number of rotatable bonds is 8. The normalized spacial score (nSPS) is 10.8. The molecule has 0 aromatic heterocycles. The number of ether oxygens (including phenoxy) is 1. The van der Waals surface area contributed by atoms with Crippen molar-refractivity contribution in [2.24, 2.45) is 0 Å². The largest absolute Gasteiger partial charge is 0.478 e. The summed E-state index contributed by atoms with van der Waals surface area (Å²) >= 11 is 0. The lowest BCUT2D eigenvalue weighted by atomic mass is 10.1. The monoisotopic (exact) mass is 420 g/mol. The number of carbonyl (C=O) groups excluding carboxylic acids is 2. The molecule has 154 valence electrons. The van der Waals surface area contributed by atoms with Crippen molar-refractivity contribution in [1.82, 2.24) is 5.32 Å². The van der Waals surface area contributed by atoms with Crippen LogP contribution in [0, 0.1) is 6.92 Å². The second kappa shape index (κ2) is 9.20. The number of hydrogen-bond donors (Lipinski definition) is 3. The Morgan fingerprint density at radius 2 is 1.72 bits per heavy atom. The molecule has 2 aromatic carbocycles. The van der Waals surface area contributed by atoms with E-state index in [1.165, 1.54) is 43.5 Å². The molecule has 0 saturated heterocycles. The Bertz CT molecular complexity index is 1030. The van der Waals surface area contributed by atoms with E-state index in [1.807, 2.05) is 0 Å². The molecular formula is C19H20N2O7S. The van der Waals surface area contributed by atoms with Gasteiger partial charge in [0.25, 0.3) is 15.9 Å². The predicted octanol–water partition coefficient (Wildman–Crippen LogP) is 1.79. The van der Waals surface area contributed by atoms with E-state index < -0.39 is 27.9 Å². The fourth-order valence-corrected chi connectivity index (χ4v) is 3.47. The van der Waals surface area contributed by atoms with Gasteiger partial charge in [-0.05, 0) is 48.9 Å². The first-order valence-corrected chi connectivity index (χ1v) is 9.94. The number of anilines is 1. The summed E-state index contributed by atoms with van der Waals surface area (Å²) in [6, 6.07) is 9.46. The van der Waals surface area contributed by atoms with Gasteiger partial charge >= 0.3 is 11.9 Å². The van der Waals surface area contributed by atoms with Gasteiger partial charge in [0.15, 0.2) is 0 Å². The number of benzene rings is 2. The highest BCUT2D eigenvalue weighted by atomic mass is 32.2. The Labute approximate surface area is 167 Å². The van der Waals surface area contributed by atoms with Crippen molar-refractivity contribution in [3.05, 3.63) is 59.2 Å². The van der Waals surface area contributed by atoms with Gasteiger partial charge in [0.1, 0.15) is 0 Å². The molecule has 0 saturated carbocycles. The van der Waals surface area contributed by atoms with Crippen LogP contribution in [0.15, 0.2) is 47.4 Å². The molecular weight excluding hydrogens is 400 g/mol. The summed E-state index contributed by atoms with van der Waals surface area (Å²) in [5.74, 6) is -2.09. The van der Waals surface area contributed by atoms with Crippen LogP contribution in [-0.4, -0.2) is 45.0 Å². The SMILES string of the molecule is COC(=O)CCNC(=O)c1ccc(NS(=O)(=O)c2ccc(C)c(C(=O)O)c2)cc1. The Hall–Kier alpha value is -3.40. The van der Waals surface area contributed by atoms with Crippen LogP contribution in [0.25, 0.3) is 0 Å². The lowest BCUT2D eigenvalue weighted by Crippen LogP contribution is -2.26. The molecule has 2 aromatic rings. The number of carboxylic acids is 1. The third kappa shape index (κ3) is 5.79. The molecule has 1 amide bonds. The van der Waals surface area contributed by atoms with Crippen molar-refractivity contribution in [3.8, 4) is 0 Å². The quantitative estimate of drug-likeness (QED) is 0.553. The molecule has 0 aliphatic heterocycles. The Kier molecular flexibility index (Phi) is 6.94. The zero-order valence-electron chi connectivity index (χ0n) is 15.8. The van der Waals surface area contributed by atoms with Gasteiger partial charge < -0.3 is 15.2 Å². The molecule has 3 N–H and O–H groups in total. The van der Waals surface area contributed by atoms with E-state index >= 15 is 0 Å². The van der Waals surface area contributed by atoms with Crippen LogP contribution < -0.4 is 10.0 Å². The number of esters is 1. The van der Waals surface area contributed by atoms with E-state index in [-0.39, 0.29) is 34.7 Å². The minimum absolute atomic E-state index is 0.0367. The molecule has 0 fully saturated rings. The first-order chi connectivity index (χ1) is 13.6. The Balaban J connectivity index is 2.09. The number of nitrogens with one attached hydrogen (secondary N) is 2. The summed E-state index contributed by atoms with van der Waals surface area (Å²) in [5.41, 5.74) is 0.820. The van der Waals surface area contributed by atoms with Gasteiger partial charge in [-0.3, -0.25) is 14.3 Å². The number of hydrogen-bond acceptors (Lipinski definition) is 6. The second-order valence-electron chi connectivity index (χ2n) is 6.05. The highest BCUT2D eigenvalue weighted by Gasteiger charge is 2.18. The van der Waals surface area contributed by atoms with E-state index in [0.717, 1.165) is 6.07 Å². The highest BCUT2D eigenvalue weighted by Crippen LogP contribution is 2.20. The minimum atomic E-state index is -4.01. The molecule has 0 aliphatic carbocycles. The van der Waals surface area contributed by atoms with Crippen molar-refractivity contribution in [3.63, 3.8) is 0 Å². The molecule has 0 spiro atoms. The van der Waals surface area contributed by atoms with Gasteiger partial charge in [0.2, 0.25) is 0 Å². The van der Waals surface area contributed by atoms with Gasteiger partial charge in [-0.25, -0.2) is 13.2 Å². The number of carboxylic acid groups (broad SMARTS) is 1. The highest BCUT2D eigenvalue weighted by molar-refractivity contribution is 7.92. The van der Waals surface area contributed by atoms with E-state index in [4.69, 9.17) is 5.11 Å². The molecule has 0 aliphatic rings. The number of aryl methyl sites for hydroxylation is 1. The first-order valence-electron chi connectivity index (χ1n) is 8.46. The van der Waals surface area contributed by atoms with Crippen molar-refractivity contribution in [2.45, 2.75) is 18.2 Å². The second-order valence-corrected chi connectivity index (χ2v) is 7.73. The standard InChI is InChI=1S/C19H20N2O7S/c1-12-3-8-15(11-16(12)19(24)25)29(26,27)21-14-6-4-13(5-7-14)18(23)20-10-9-17(22)28-2/h3-8,11,21H,9-10H2,1-2H3,(H,20,23)(H,24,25). The summed E-state index contributed by atoms with van der Waals surface area (Å²) in [4.78, 5) is 34.1. The van der Waals surface area contributed by atoms with Crippen molar-refractivity contribution in [2.75, 3.05) is 18.4 Å². The summed E-state index contributed by atoms with van der Waals surface area (Å²) in [6.45, 7) is 1.68. The lowest BCUT2D eigenvalue weighted by molar-refractivity contribution is -0.140. The van der Waals surface area contributed by atoms with Crippen LogP contribution in [0.2, 0.25) is 0 Å². The molecule has 10 heteroatoms. The summed E-state index contributed by atoms with van der Waals surface area (Å²) in [7, 11) is -2.76. The molecule has 2 rings (SSSR count). The van der Waals surface area contributed by atoms with Gasteiger partial charge in [-0.1, -0.05) is 6.07 Å². The minimum Gasteiger partial charge on any atom is -0.478 e. The number of methoxy groups -OCH3 is 1. The third-order valence-corrected chi connectivity index (χ3v) is 5.37. The van der Waals surface area contributed by atoms with Crippen molar-refractivity contribution in [1.29, 1.82) is 0 Å². The summed E-state index contributed by atoms with van der Waals surface area (Å²) in [6.07, 6.45) is 0.0367. The molecule has 0 heterocycles. The summed E-state index contributed by atoms with van der Waals surface area (Å²) < 4.78 is 31.8.